The van der Waals surface area contributed by atoms with E-state index in [1.54, 1.807) is 0 Å². The lowest BCUT2D eigenvalue weighted by Gasteiger charge is -2.39. The Morgan fingerprint density at radius 1 is 1.24 bits per heavy atom. The van der Waals surface area contributed by atoms with Crippen LogP contribution in [0.1, 0.15) is 52.4 Å². The standard InChI is InChI=1S/C15H25F3N2O/c1-14(2)7-4-8-19-12(14)13(21)20-11-6-3-5-10(9-11)15(16,17)18/h10-12,19H,3-9H2,1-2H3,(H,20,21). The molecule has 0 aromatic rings. The highest BCUT2D eigenvalue weighted by molar-refractivity contribution is 5.83. The van der Waals surface area contributed by atoms with E-state index in [0.29, 0.717) is 12.8 Å². The quantitative estimate of drug-likeness (QED) is 0.823. The van der Waals surface area contributed by atoms with Gasteiger partial charge in [-0.3, -0.25) is 4.79 Å². The van der Waals surface area contributed by atoms with Crippen molar-refractivity contribution < 1.29 is 18.0 Å². The number of hydrogen-bond acceptors (Lipinski definition) is 2. The molecule has 122 valence electrons. The molecular weight excluding hydrogens is 281 g/mol. The highest BCUT2D eigenvalue weighted by atomic mass is 19.4. The highest BCUT2D eigenvalue weighted by Crippen LogP contribution is 2.38. The zero-order chi connectivity index (χ0) is 15.7. The minimum Gasteiger partial charge on any atom is -0.352 e. The summed E-state index contributed by atoms with van der Waals surface area (Å²) in [7, 11) is 0. The van der Waals surface area contributed by atoms with Crippen LogP contribution in [-0.2, 0) is 4.79 Å². The van der Waals surface area contributed by atoms with Gasteiger partial charge in [0, 0.05) is 6.04 Å². The Hall–Kier alpha value is -0.780. The van der Waals surface area contributed by atoms with Crippen molar-refractivity contribution in [1.82, 2.24) is 10.6 Å². The van der Waals surface area contributed by atoms with E-state index < -0.39 is 12.1 Å². The number of rotatable bonds is 2. The van der Waals surface area contributed by atoms with Crippen LogP contribution >= 0.6 is 0 Å². The second-order valence-corrected chi connectivity index (χ2v) is 7.09. The molecule has 0 bridgehead atoms. The van der Waals surface area contributed by atoms with Gasteiger partial charge in [-0.2, -0.15) is 13.2 Å². The lowest BCUT2D eigenvalue weighted by atomic mass is 9.77. The predicted molar refractivity (Wildman–Crippen MR) is 74.7 cm³/mol. The first kappa shape index (κ1) is 16.6. The SMILES string of the molecule is CC1(C)CCCNC1C(=O)NC1CCCC(C(F)(F)F)C1. The largest absolute Gasteiger partial charge is 0.391 e. The van der Waals surface area contributed by atoms with E-state index in [-0.39, 0.29) is 36.2 Å². The number of carbonyl (C=O) groups is 1. The van der Waals surface area contributed by atoms with Crippen molar-refractivity contribution in [3.05, 3.63) is 0 Å². The van der Waals surface area contributed by atoms with Gasteiger partial charge in [-0.15, -0.1) is 0 Å². The topological polar surface area (TPSA) is 41.1 Å². The molecule has 1 saturated heterocycles. The van der Waals surface area contributed by atoms with Crippen molar-refractivity contribution in [1.29, 1.82) is 0 Å². The molecule has 6 heteroatoms. The molecule has 0 radical (unpaired) electrons. The molecule has 2 fully saturated rings. The molecule has 0 spiro atoms. The molecule has 3 nitrogen and oxygen atoms in total. The van der Waals surface area contributed by atoms with Crippen LogP contribution in [0.3, 0.4) is 0 Å². The Morgan fingerprint density at radius 2 is 1.95 bits per heavy atom. The van der Waals surface area contributed by atoms with Gasteiger partial charge in [0.1, 0.15) is 0 Å². The molecule has 3 atom stereocenters. The molecule has 2 aliphatic rings. The normalized spacial score (nSPS) is 33.5. The Kier molecular flexibility index (Phi) is 4.85. The summed E-state index contributed by atoms with van der Waals surface area (Å²) in [5.41, 5.74) is -0.152. The molecular formula is C15H25F3N2O. The van der Waals surface area contributed by atoms with E-state index in [1.165, 1.54) is 0 Å². The Bertz CT molecular complexity index is 382. The molecule has 1 aliphatic heterocycles. The van der Waals surface area contributed by atoms with Gasteiger partial charge in [0.25, 0.3) is 0 Å². The first-order valence-electron chi connectivity index (χ1n) is 7.80. The Labute approximate surface area is 124 Å². The summed E-state index contributed by atoms with van der Waals surface area (Å²) < 4.78 is 38.4. The molecule has 3 unspecified atom stereocenters. The number of halogens is 3. The first-order chi connectivity index (χ1) is 9.70. The number of carbonyl (C=O) groups excluding carboxylic acids is 1. The van der Waals surface area contributed by atoms with E-state index in [0.717, 1.165) is 19.4 Å². The van der Waals surface area contributed by atoms with Crippen LogP contribution < -0.4 is 10.6 Å². The van der Waals surface area contributed by atoms with Gasteiger partial charge >= 0.3 is 6.18 Å². The van der Waals surface area contributed by atoms with Gasteiger partial charge in [0.2, 0.25) is 5.91 Å². The third kappa shape index (κ3) is 4.11. The number of piperidine rings is 1. The van der Waals surface area contributed by atoms with Gasteiger partial charge < -0.3 is 10.6 Å². The minimum absolute atomic E-state index is 0.0163. The average molecular weight is 306 g/mol. The third-order valence-corrected chi connectivity index (χ3v) is 4.87. The fourth-order valence-electron chi connectivity index (χ4n) is 3.56. The molecule has 2 N–H and O–H groups in total. The van der Waals surface area contributed by atoms with Gasteiger partial charge in [-0.1, -0.05) is 20.3 Å². The maximum Gasteiger partial charge on any atom is 0.391 e. The minimum atomic E-state index is -4.15. The van der Waals surface area contributed by atoms with Crippen LogP contribution in [0.25, 0.3) is 0 Å². The lowest BCUT2D eigenvalue weighted by Crippen LogP contribution is -2.57. The molecule has 2 rings (SSSR count). The third-order valence-electron chi connectivity index (χ3n) is 4.87. The lowest BCUT2D eigenvalue weighted by molar-refractivity contribution is -0.184. The molecule has 1 amide bonds. The molecule has 0 aromatic carbocycles. The van der Waals surface area contributed by atoms with Crippen LogP contribution in [-0.4, -0.2) is 30.7 Å². The van der Waals surface area contributed by atoms with Crippen LogP contribution in [0.5, 0.6) is 0 Å². The molecule has 21 heavy (non-hydrogen) atoms. The van der Waals surface area contributed by atoms with E-state index in [4.69, 9.17) is 0 Å². The summed E-state index contributed by atoms with van der Waals surface area (Å²) in [6.45, 7) is 4.85. The summed E-state index contributed by atoms with van der Waals surface area (Å²) in [5, 5.41) is 6.05. The Balaban J connectivity index is 1.93. The van der Waals surface area contributed by atoms with Crippen molar-refractivity contribution in [2.45, 2.75) is 70.6 Å². The van der Waals surface area contributed by atoms with Crippen LogP contribution in [0.4, 0.5) is 13.2 Å². The van der Waals surface area contributed by atoms with Crippen molar-refractivity contribution in [2.24, 2.45) is 11.3 Å². The van der Waals surface area contributed by atoms with E-state index >= 15 is 0 Å². The summed E-state index contributed by atoms with van der Waals surface area (Å²) in [4.78, 5) is 12.4. The number of nitrogens with one attached hydrogen (secondary N) is 2. The van der Waals surface area contributed by atoms with Gasteiger partial charge in [0.05, 0.1) is 12.0 Å². The van der Waals surface area contributed by atoms with Gasteiger partial charge in [-0.05, 0) is 44.1 Å². The van der Waals surface area contributed by atoms with Crippen LogP contribution in [0.15, 0.2) is 0 Å². The maximum atomic E-state index is 12.8. The smallest absolute Gasteiger partial charge is 0.352 e. The number of hydrogen-bond donors (Lipinski definition) is 2. The zero-order valence-corrected chi connectivity index (χ0v) is 12.7. The number of alkyl halides is 3. The van der Waals surface area contributed by atoms with E-state index in [1.807, 2.05) is 13.8 Å². The fourth-order valence-corrected chi connectivity index (χ4v) is 3.56. The van der Waals surface area contributed by atoms with Crippen LogP contribution in [0, 0.1) is 11.3 Å². The monoisotopic (exact) mass is 306 g/mol. The fraction of sp³-hybridized carbons (Fsp3) is 0.933. The van der Waals surface area contributed by atoms with Crippen molar-refractivity contribution in [3.63, 3.8) is 0 Å². The summed E-state index contributed by atoms with van der Waals surface area (Å²) in [6, 6.07) is -0.657. The van der Waals surface area contributed by atoms with Crippen molar-refractivity contribution in [3.8, 4) is 0 Å². The maximum absolute atomic E-state index is 12.8. The van der Waals surface area contributed by atoms with Gasteiger partial charge in [0.15, 0.2) is 0 Å². The summed E-state index contributed by atoms with van der Waals surface area (Å²) >= 11 is 0. The molecule has 0 aromatic heterocycles. The van der Waals surface area contributed by atoms with E-state index in [9.17, 15) is 18.0 Å². The van der Waals surface area contributed by atoms with E-state index in [2.05, 4.69) is 10.6 Å². The average Bonchev–Trinajstić information content (AvgIpc) is 2.37. The van der Waals surface area contributed by atoms with Gasteiger partial charge in [-0.25, -0.2) is 0 Å². The van der Waals surface area contributed by atoms with Crippen LogP contribution in [0.2, 0.25) is 0 Å². The first-order valence-corrected chi connectivity index (χ1v) is 7.80. The molecule has 1 aliphatic carbocycles. The number of amides is 1. The zero-order valence-electron chi connectivity index (χ0n) is 12.7. The van der Waals surface area contributed by atoms with Crippen molar-refractivity contribution >= 4 is 5.91 Å². The molecule has 1 saturated carbocycles. The highest BCUT2D eigenvalue weighted by Gasteiger charge is 2.43. The molecule has 1 heterocycles. The van der Waals surface area contributed by atoms with Crippen molar-refractivity contribution in [2.75, 3.05) is 6.54 Å². The second kappa shape index (κ2) is 6.15. The predicted octanol–water partition coefficient (Wildman–Crippen LogP) is 3.00. The summed E-state index contributed by atoms with van der Waals surface area (Å²) in [6.07, 6.45) is -0.802. The summed E-state index contributed by atoms with van der Waals surface area (Å²) in [5.74, 6) is -1.42. The Morgan fingerprint density at radius 3 is 2.57 bits per heavy atom. The second-order valence-electron chi connectivity index (χ2n) is 7.09.